The molecular weight excluding hydrogens is 461 g/mol. The number of allylic oxidation sites excluding steroid dienone is 2. The summed E-state index contributed by atoms with van der Waals surface area (Å²) in [5.74, 6) is 1.73. The van der Waals surface area contributed by atoms with Crippen molar-refractivity contribution >= 4 is 40.7 Å². The summed E-state index contributed by atoms with van der Waals surface area (Å²) < 4.78 is 44.2. The average molecular weight is 485 g/mol. The molecule has 2 aromatic rings. The van der Waals surface area contributed by atoms with Crippen molar-refractivity contribution in [2.75, 3.05) is 18.1 Å². The Hall–Kier alpha value is -2.45. The molecular formula is C23H24ClF3N2O2S. The van der Waals surface area contributed by atoms with Crippen molar-refractivity contribution in [3.05, 3.63) is 76.5 Å². The Kier molecular flexibility index (Phi) is 9.65. The highest BCUT2D eigenvalue weighted by Crippen LogP contribution is 2.27. The van der Waals surface area contributed by atoms with Gasteiger partial charge in [-0.2, -0.15) is 24.9 Å². The van der Waals surface area contributed by atoms with Gasteiger partial charge >= 0.3 is 12.1 Å². The van der Waals surface area contributed by atoms with Gasteiger partial charge in [0, 0.05) is 11.3 Å². The molecule has 0 atom stereocenters. The standard InChI is InChI=1S/C23H24ClF3N2O2S/c1-15(2)14-32-12-11-31-22(30)17-9-7-16(8-10-17)20(13-21(28)23(25,26)27)29-19-6-4-3-5-18(19)24/h3-10,13,15H,11-12,14,28H2,1-2H3. The maximum atomic E-state index is 13.0. The summed E-state index contributed by atoms with van der Waals surface area (Å²) in [7, 11) is 0. The molecule has 4 nitrogen and oxygen atoms in total. The van der Waals surface area contributed by atoms with Crippen molar-refractivity contribution in [1.29, 1.82) is 0 Å². The van der Waals surface area contributed by atoms with Crippen molar-refractivity contribution in [3.63, 3.8) is 0 Å². The topological polar surface area (TPSA) is 64.7 Å². The lowest BCUT2D eigenvalue weighted by molar-refractivity contribution is -0.0925. The molecule has 0 unspecified atom stereocenters. The number of thioether (sulfide) groups is 1. The zero-order valence-corrected chi connectivity index (χ0v) is 19.2. The summed E-state index contributed by atoms with van der Waals surface area (Å²) in [6.45, 7) is 4.50. The third-order valence-corrected chi connectivity index (χ3v) is 5.72. The van der Waals surface area contributed by atoms with Crippen LogP contribution in [0, 0.1) is 5.92 Å². The predicted octanol–water partition coefficient (Wildman–Crippen LogP) is 6.41. The molecule has 0 saturated carbocycles. The zero-order chi connectivity index (χ0) is 23.7. The quantitative estimate of drug-likeness (QED) is 0.253. The van der Waals surface area contributed by atoms with Crippen LogP contribution in [0.5, 0.6) is 0 Å². The van der Waals surface area contributed by atoms with Gasteiger partial charge in [-0.15, -0.1) is 0 Å². The Balaban J connectivity index is 2.22. The van der Waals surface area contributed by atoms with E-state index in [0.717, 1.165) is 11.8 Å². The molecule has 0 heterocycles. The van der Waals surface area contributed by atoms with Crippen LogP contribution in [-0.2, 0) is 4.74 Å². The fourth-order valence-electron chi connectivity index (χ4n) is 2.45. The van der Waals surface area contributed by atoms with Gasteiger partial charge in [-0.25, -0.2) is 9.79 Å². The number of benzene rings is 2. The van der Waals surface area contributed by atoms with E-state index in [-0.39, 0.29) is 28.6 Å². The lowest BCUT2D eigenvalue weighted by Crippen LogP contribution is -2.21. The number of esters is 1. The van der Waals surface area contributed by atoms with E-state index in [0.29, 0.717) is 17.2 Å². The van der Waals surface area contributed by atoms with Crippen LogP contribution in [0.1, 0.15) is 29.8 Å². The van der Waals surface area contributed by atoms with E-state index < -0.39 is 17.8 Å². The summed E-state index contributed by atoms with van der Waals surface area (Å²) in [6, 6.07) is 12.4. The van der Waals surface area contributed by atoms with Crippen LogP contribution in [0.3, 0.4) is 0 Å². The number of carbonyl (C=O) groups excluding carboxylic acids is 1. The van der Waals surface area contributed by atoms with Crippen molar-refractivity contribution in [3.8, 4) is 0 Å². The monoisotopic (exact) mass is 484 g/mol. The SMILES string of the molecule is CC(C)CSCCOC(=O)c1ccc(C(C=C(N)C(F)(F)F)=Nc2ccccc2Cl)cc1. The van der Waals surface area contributed by atoms with Crippen LogP contribution < -0.4 is 5.73 Å². The fourth-order valence-corrected chi connectivity index (χ4v) is 3.47. The van der Waals surface area contributed by atoms with Gasteiger partial charge in [-0.1, -0.05) is 49.7 Å². The van der Waals surface area contributed by atoms with Gasteiger partial charge in [0.2, 0.25) is 0 Å². The van der Waals surface area contributed by atoms with Crippen LogP contribution in [-0.4, -0.2) is 36.0 Å². The number of aliphatic imine (C=N–C) groups is 1. The van der Waals surface area contributed by atoms with Gasteiger partial charge in [-0.3, -0.25) is 0 Å². The lowest BCUT2D eigenvalue weighted by Gasteiger charge is -2.10. The first-order valence-electron chi connectivity index (χ1n) is 9.81. The van der Waals surface area contributed by atoms with Crippen molar-refractivity contribution in [2.45, 2.75) is 20.0 Å². The van der Waals surface area contributed by atoms with Gasteiger partial charge in [0.1, 0.15) is 12.3 Å². The maximum absolute atomic E-state index is 13.0. The Bertz CT molecular complexity index is 974. The second-order valence-corrected chi connectivity index (χ2v) is 8.78. The Morgan fingerprint density at radius 1 is 1.16 bits per heavy atom. The van der Waals surface area contributed by atoms with Crippen molar-refractivity contribution in [2.24, 2.45) is 16.6 Å². The molecule has 0 spiro atoms. The van der Waals surface area contributed by atoms with E-state index >= 15 is 0 Å². The highest BCUT2D eigenvalue weighted by atomic mass is 35.5. The van der Waals surface area contributed by atoms with Crippen molar-refractivity contribution < 1.29 is 22.7 Å². The van der Waals surface area contributed by atoms with Gasteiger partial charge in [-0.05, 0) is 42.0 Å². The second-order valence-electron chi connectivity index (χ2n) is 7.23. The number of hydrogen-bond acceptors (Lipinski definition) is 5. The number of nitrogens with zero attached hydrogens (tertiary/aromatic N) is 1. The lowest BCUT2D eigenvalue weighted by atomic mass is 10.1. The Morgan fingerprint density at radius 2 is 1.78 bits per heavy atom. The Labute approximate surface area is 194 Å². The number of hydrogen-bond donors (Lipinski definition) is 1. The minimum Gasteiger partial charge on any atom is -0.461 e. The number of para-hydroxylation sites is 1. The first-order chi connectivity index (χ1) is 15.1. The Morgan fingerprint density at radius 3 is 2.38 bits per heavy atom. The van der Waals surface area contributed by atoms with Crippen LogP contribution in [0.2, 0.25) is 5.02 Å². The molecule has 2 rings (SSSR count). The van der Waals surface area contributed by atoms with E-state index in [4.69, 9.17) is 22.1 Å². The first kappa shape index (κ1) is 25.8. The molecule has 0 aromatic heterocycles. The molecule has 0 saturated heterocycles. The van der Waals surface area contributed by atoms with Crippen LogP contribution in [0.25, 0.3) is 0 Å². The molecule has 0 fully saturated rings. The van der Waals surface area contributed by atoms with Crippen LogP contribution >= 0.6 is 23.4 Å². The summed E-state index contributed by atoms with van der Waals surface area (Å²) in [4.78, 5) is 16.5. The number of ether oxygens (including phenoxy) is 1. The zero-order valence-electron chi connectivity index (χ0n) is 17.7. The molecule has 9 heteroatoms. The van der Waals surface area contributed by atoms with Crippen LogP contribution in [0.4, 0.5) is 18.9 Å². The van der Waals surface area contributed by atoms with E-state index in [1.165, 1.54) is 24.3 Å². The van der Waals surface area contributed by atoms with E-state index in [1.807, 2.05) is 0 Å². The third kappa shape index (κ3) is 8.24. The predicted molar refractivity (Wildman–Crippen MR) is 125 cm³/mol. The molecule has 0 radical (unpaired) electrons. The van der Waals surface area contributed by atoms with Gasteiger partial charge in [0.15, 0.2) is 0 Å². The molecule has 0 aliphatic carbocycles. The van der Waals surface area contributed by atoms with Crippen molar-refractivity contribution in [1.82, 2.24) is 0 Å². The third-order valence-electron chi connectivity index (χ3n) is 4.04. The normalized spacial score (nSPS) is 12.8. The molecule has 0 bridgehead atoms. The first-order valence-corrected chi connectivity index (χ1v) is 11.3. The largest absolute Gasteiger partial charge is 0.461 e. The smallest absolute Gasteiger partial charge is 0.430 e. The minimum absolute atomic E-state index is 0.0436. The number of alkyl halides is 3. The number of nitrogens with two attached hydrogens (primary N) is 1. The number of rotatable bonds is 9. The van der Waals surface area contributed by atoms with Gasteiger partial charge in [0.05, 0.1) is 22.0 Å². The molecule has 0 aliphatic rings. The summed E-state index contributed by atoms with van der Waals surface area (Å²) in [6.07, 6.45) is -3.97. The highest BCUT2D eigenvalue weighted by molar-refractivity contribution is 7.99. The molecule has 0 amide bonds. The maximum Gasteiger partial charge on any atom is 0.430 e. The highest BCUT2D eigenvalue weighted by Gasteiger charge is 2.31. The fraction of sp³-hybridized carbons (Fsp3) is 0.304. The van der Waals surface area contributed by atoms with Gasteiger partial charge in [0.25, 0.3) is 0 Å². The molecule has 2 aromatic carbocycles. The summed E-state index contributed by atoms with van der Waals surface area (Å²) >= 11 is 7.79. The second kappa shape index (κ2) is 12.0. The van der Waals surface area contributed by atoms with Gasteiger partial charge < -0.3 is 10.5 Å². The molecule has 2 N–H and O–H groups in total. The summed E-state index contributed by atoms with van der Waals surface area (Å²) in [5.41, 5.74) is 4.77. The number of halogens is 4. The van der Waals surface area contributed by atoms with Crippen LogP contribution in [0.15, 0.2) is 65.3 Å². The summed E-state index contributed by atoms with van der Waals surface area (Å²) in [5, 5.41) is 0.277. The molecule has 172 valence electrons. The molecule has 32 heavy (non-hydrogen) atoms. The average Bonchev–Trinajstić information content (AvgIpc) is 2.73. The van der Waals surface area contributed by atoms with E-state index in [1.54, 1.807) is 36.0 Å². The molecule has 0 aliphatic heterocycles. The van der Waals surface area contributed by atoms with E-state index in [9.17, 15) is 18.0 Å². The number of carbonyl (C=O) groups is 1. The van der Waals surface area contributed by atoms with E-state index in [2.05, 4.69) is 18.8 Å². The minimum atomic E-state index is -4.71.